The van der Waals surface area contributed by atoms with E-state index in [2.05, 4.69) is 11.6 Å². The standard InChI is InChI=1S/C26H28N2O3/c1-18(2)16-26(23-8-6-5-7-9-23)14-15-28(25(29)31-26)20(4)21-10-12-22(13-11-21)24-27-17-19(3)30-24/h5-13,17,20H,1,14-16H2,2-4H3/t20-,26-/m0/s1. The maximum atomic E-state index is 13.1. The van der Waals surface area contributed by atoms with Crippen molar-refractivity contribution in [1.29, 1.82) is 0 Å². The summed E-state index contributed by atoms with van der Waals surface area (Å²) in [6, 6.07) is 17.9. The van der Waals surface area contributed by atoms with Crippen molar-refractivity contribution >= 4 is 6.09 Å². The highest BCUT2D eigenvalue weighted by atomic mass is 16.6. The number of amides is 1. The van der Waals surface area contributed by atoms with E-state index in [9.17, 15) is 4.79 Å². The molecule has 5 nitrogen and oxygen atoms in total. The predicted molar refractivity (Wildman–Crippen MR) is 120 cm³/mol. The first-order chi connectivity index (χ1) is 14.9. The number of hydrogen-bond donors (Lipinski definition) is 0. The largest absolute Gasteiger partial charge is 0.441 e. The Balaban J connectivity index is 1.52. The molecule has 0 unspecified atom stereocenters. The van der Waals surface area contributed by atoms with Crippen molar-refractivity contribution in [3.8, 4) is 11.5 Å². The molecule has 1 saturated heterocycles. The minimum Gasteiger partial charge on any atom is -0.441 e. The van der Waals surface area contributed by atoms with Gasteiger partial charge in [-0.3, -0.25) is 0 Å². The van der Waals surface area contributed by atoms with Crippen LogP contribution in [0.2, 0.25) is 0 Å². The van der Waals surface area contributed by atoms with Gasteiger partial charge in [0.15, 0.2) is 0 Å². The van der Waals surface area contributed by atoms with Crippen molar-refractivity contribution in [3.05, 3.63) is 89.8 Å². The summed E-state index contributed by atoms with van der Waals surface area (Å²) < 4.78 is 11.7. The summed E-state index contributed by atoms with van der Waals surface area (Å²) in [5.74, 6) is 1.38. The third kappa shape index (κ3) is 4.26. The molecule has 0 saturated carbocycles. The van der Waals surface area contributed by atoms with Crippen LogP contribution in [0.15, 0.2) is 77.4 Å². The van der Waals surface area contributed by atoms with Gasteiger partial charge in [-0.15, -0.1) is 0 Å². The third-order valence-corrected chi connectivity index (χ3v) is 5.89. The van der Waals surface area contributed by atoms with Gasteiger partial charge in [-0.2, -0.15) is 0 Å². The lowest BCUT2D eigenvalue weighted by Crippen LogP contribution is -2.48. The van der Waals surface area contributed by atoms with Gasteiger partial charge in [0, 0.05) is 24.9 Å². The molecule has 1 aliphatic rings. The van der Waals surface area contributed by atoms with Gasteiger partial charge in [0.25, 0.3) is 0 Å². The SMILES string of the molecule is C=C(C)C[C@]1(c2ccccc2)CCN([C@@H](C)c2ccc(-c3ncc(C)o3)cc2)C(=O)O1. The van der Waals surface area contributed by atoms with E-state index in [1.165, 1.54) is 0 Å². The van der Waals surface area contributed by atoms with Gasteiger partial charge < -0.3 is 14.1 Å². The zero-order chi connectivity index (χ0) is 22.0. The number of nitrogens with zero attached hydrogens (tertiary/aromatic N) is 2. The van der Waals surface area contributed by atoms with Crippen molar-refractivity contribution in [1.82, 2.24) is 9.88 Å². The molecule has 2 atom stereocenters. The molecule has 1 fully saturated rings. The Morgan fingerprint density at radius 2 is 1.90 bits per heavy atom. The van der Waals surface area contributed by atoms with Gasteiger partial charge in [-0.05, 0) is 44.0 Å². The van der Waals surface area contributed by atoms with Gasteiger partial charge in [0.05, 0.1) is 12.2 Å². The van der Waals surface area contributed by atoms with Crippen LogP contribution in [0, 0.1) is 6.92 Å². The highest BCUT2D eigenvalue weighted by Gasteiger charge is 2.43. The average molecular weight is 417 g/mol. The molecule has 0 spiro atoms. The van der Waals surface area contributed by atoms with E-state index < -0.39 is 5.60 Å². The summed E-state index contributed by atoms with van der Waals surface area (Å²) in [4.78, 5) is 19.2. The predicted octanol–water partition coefficient (Wildman–Crippen LogP) is 6.42. The molecular formula is C26H28N2O3. The summed E-state index contributed by atoms with van der Waals surface area (Å²) in [5.41, 5.74) is 3.30. The number of rotatable bonds is 6. The Labute approximate surface area is 183 Å². The van der Waals surface area contributed by atoms with E-state index in [1.807, 2.05) is 75.4 Å². The van der Waals surface area contributed by atoms with Crippen LogP contribution in [0.25, 0.3) is 11.5 Å². The fraction of sp³-hybridized carbons (Fsp3) is 0.308. The van der Waals surface area contributed by atoms with Crippen molar-refractivity contribution in [2.24, 2.45) is 0 Å². The van der Waals surface area contributed by atoms with Crippen LogP contribution in [0.4, 0.5) is 4.79 Å². The number of aryl methyl sites for hydroxylation is 1. The van der Waals surface area contributed by atoms with E-state index >= 15 is 0 Å². The van der Waals surface area contributed by atoms with E-state index in [1.54, 1.807) is 11.1 Å². The van der Waals surface area contributed by atoms with Crippen molar-refractivity contribution < 1.29 is 13.9 Å². The smallest absolute Gasteiger partial charge is 0.411 e. The van der Waals surface area contributed by atoms with Crippen LogP contribution in [0.1, 0.15) is 49.6 Å². The summed E-state index contributed by atoms with van der Waals surface area (Å²) in [7, 11) is 0. The van der Waals surface area contributed by atoms with Gasteiger partial charge in [-0.25, -0.2) is 9.78 Å². The number of cyclic esters (lactones) is 1. The lowest BCUT2D eigenvalue weighted by molar-refractivity contribution is -0.0602. The lowest BCUT2D eigenvalue weighted by Gasteiger charge is -2.43. The van der Waals surface area contributed by atoms with E-state index in [-0.39, 0.29) is 12.1 Å². The molecule has 160 valence electrons. The molecule has 2 aromatic carbocycles. The molecule has 1 aromatic heterocycles. The number of benzene rings is 2. The molecule has 0 aliphatic carbocycles. The monoisotopic (exact) mass is 416 g/mol. The highest BCUT2D eigenvalue weighted by Crippen LogP contribution is 2.41. The van der Waals surface area contributed by atoms with Crippen LogP contribution < -0.4 is 0 Å². The Bertz CT molecular complexity index is 1070. The van der Waals surface area contributed by atoms with E-state index in [0.717, 1.165) is 28.0 Å². The van der Waals surface area contributed by atoms with E-state index in [4.69, 9.17) is 9.15 Å². The molecule has 2 heterocycles. The molecular weight excluding hydrogens is 388 g/mol. The Kier molecular flexibility index (Phi) is 5.68. The molecule has 0 radical (unpaired) electrons. The van der Waals surface area contributed by atoms with Crippen LogP contribution in [-0.2, 0) is 10.3 Å². The summed E-state index contributed by atoms with van der Waals surface area (Å²) in [6.45, 7) is 10.6. The Morgan fingerprint density at radius 3 is 2.48 bits per heavy atom. The van der Waals surface area contributed by atoms with Crippen LogP contribution in [0.5, 0.6) is 0 Å². The molecule has 4 rings (SSSR count). The fourth-order valence-corrected chi connectivity index (χ4v) is 4.25. The highest BCUT2D eigenvalue weighted by molar-refractivity contribution is 5.70. The average Bonchev–Trinajstić information content (AvgIpc) is 3.20. The number of ether oxygens (including phenoxy) is 1. The first kappa shape index (κ1) is 20.9. The maximum absolute atomic E-state index is 13.1. The van der Waals surface area contributed by atoms with Crippen molar-refractivity contribution in [3.63, 3.8) is 0 Å². The lowest BCUT2D eigenvalue weighted by atomic mass is 9.83. The number of hydrogen-bond acceptors (Lipinski definition) is 4. The zero-order valence-electron chi connectivity index (χ0n) is 18.3. The van der Waals surface area contributed by atoms with Crippen LogP contribution >= 0.6 is 0 Å². The van der Waals surface area contributed by atoms with Crippen LogP contribution in [0.3, 0.4) is 0 Å². The molecule has 0 bridgehead atoms. The number of aromatic nitrogens is 1. The summed E-state index contributed by atoms with van der Waals surface area (Å²) in [5, 5.41) is 0. The van der Waals surface area contributed by atoms with Gasteiger partial charge >= 0.3 is 6.09 Å². The molecule has 3 aromatic rings. The van der Waals surface area contributed by atoms with E-state index in [0.29, 0.717) is 25.3 Å². The normalized spacial score (nSPS) is 19.7. The maximum Gasteiger partial charge on any atom is 0.411 e. The fourth-order valence-electron chi connectivity index (χ4n) is 4.25. The Hall–Kier alpha value is -3.34. The number of carbonyl (C=O) groups excluding carboxylic acids is 1. The van der Waals surface area contributed by atoms with Crippen molar-refractivity contribution in [2.45, 2.75) is 45.3 Å². The second-order valence-electron chi connectivity index (χ2n) is 8.38. The second-order valence-corrected chi connectivity index (χ2v) is 8.38. The minimum atomic E-state index is -0.660. The molecule has 5 heteroatoms. The minimum absolute atomic E-state index is 0.105. The van der Waals surface area contributed by atoms with Gasteiger partial charge in [0.2, 0.25) is 5.89 Å². The number of oxazole rings is 1. The van der Waals surface area contributed by atoms with Gasteiger partial charge in [-0.1, -0.05) is 54.6 Å². The second kappa shape index (κ2) is 8.42. The molecule has 1 aliphatic heterocycles. The molecule has 0 N–H and O–H groups in total. The van der Waals surface area contributed by atoms with Crippen molar-refractivity contribution in [2.75, 3.05) is 6.54 Å². The topological polar surface area (TPSA) is 55.6 Å². The summed E-state index contributed by atoms with van der Waals surface area (Å²) in [6.07, 6.45) is 2.75. The van der Waals surface area contributed by atoms with Crippen LogP contribution in [-0.4, -0.2) is 22.5 Å². The quantitative estimate of drug-likeness (QED) is 0.435. The number of carbonyl (C=O) groups is 1. The van der Waals surface area contributed by atoms with Gasteiger partial charge in [0.1, 0.15) is 11.4 Å². The molecule has 1 amide bonds. The zero-order valence-corrected chi connectivity index (χ0v) is 18.3. The first-order valence-electron chi connectivity index (χ1n) is 10.6. The first-order valence-corrected chi connectivity index (χ1v) is 10.6. The summed E-state index contributed by atoms with van der Waals surface area (Å²) >= 11 is 0. The Morgan fingerprint density at radius 1 is 1.19 bits per heavy atom. The third-order valence-electron chi connectivity index (χ3n) is 5.89. The molecule has 31 heavy (non-hydrogen) atoms.